The van der Waals surface area contributed by atoms with E-state index in [1.165, 1.54) is 16.2 Å². The number of amides is 2. The summed E-state index contributed by atoms with van der Waals surface area (Å²) in [6.45, 7) is 4.84. The van der Waals surface area contributed by atoms with Gasteiger partial charge in [-0.25, -0.2) is 0 Å². The molecule has 0 aliphatic heterocycles. The Kier molecular flexibility index (Phi) is 7.66. The molecule has 0 saturated heterocycles. The van der Waals surface area contributed by atoms with Crippen molar-refractivity contribution in [2.75, 3.05) is 37.4 Å². The van der Waals surface area contributed by atoms with Crippen molar-refractivity contribution in [2.24, 2.45) is 5.92 Å². The van der Waals surface area contributed by atoms with Crippen LogP contribution in [-0.2, 0) is 22.4 Å². The highest BCUT2D eigenvalue weighted by molar-refractivity contribution is 7.16. The molecule has 8 heteroatoms. The van der Waals surface area contributed by atoms with Crippen LogP contribution in [0.3, 0.4) is 0 Å². The highest BCUT2D eigenvalue weighted by Crippen LogP contribution is 2.39. The molecule has 1 atom stereocenters. The molecule has 0 saturated carbocycles. The minimum absolute atomic E-state index is 0.0797. The van der Waals surface area contributed by atoms with E-state index in [-0.39, 0.29) is 24.9 Å². The van der Waals surface area contributed by atoms with E-state index in [0.29, 0.717) is 34.5 Å². The Balaban J connectivity index is 1.57. The molecule has 7 nitrogen and oxygen atoms in total. The third-order valence-electron chi connectivity index (χ3n) is 5.43. The van der Waals surface area contributed by atoms with Crippen molar-refractivity contribution in [3.63, 3.8) is 0 Å². The highest BCUT2D eigenvalue weighted by Gasteiger charge is 2.25. The molecule has 0 bridgehead atoms. The average molecular weight is 441 g/mol. The van der Waals surface area contributed by atoms with Crippen molar-refractivity contribution in [1.82, 2.24) is 4.90 Å². The maximum absolute atomic E-state index is 12.6. The van der Waals surface area contributed by atoms with Crippen LogP contribution in [0.15, 0.2) is 24.3 Å². The number of anilines is 2. The molecular weight excluding hydrogens is 412 g/mol. The largest absolute Gasteiger partial charge is 0.497 e. The van der Waals surface area contributed by atoms with Gasteiger partial charge in [0, 0.05) is 10.6 Å². The normalized spacial score (nSPS) is 15.1. The number of carbonyl (C=O) groups is 2. The predicted molar refractivity (Wildman–Crippen MR) is 123 cm³/mol. The molecule has 0 radical (unpaired) electrons. The molecule has 31 heavy (non-hydrogen) atoms. The summed E-state index contributed by atoms with van der Waals surface area (Å²) in [6.07, 6.45) is 2.91. The van der Waals surface area contributed by atoms with Crippen LogP contribution in [-0.4, -0.2) is 43.5 Å². The number of likely N-dealkylation sites (N-methyl/N-ethyl adjacent to an activating group) is 1. The number of nitrogens with one attached hydrogen (secondary N) is 2. The molecule has 0 spiro atoms. The molecule has 1 heterocycles. The SMILES string of the molecule is CCN(CC(=O)Nc1ccc(OC)cc1)CC(=O)Nc1sc2c(c1C#N)CCC(C)C2. The summed E-state index contributed by atoms with van der Waals surface area (Å²) in [5.41, 5.74) is 2.36. The third-order valence-corrected chi connectivity index (χ3v) is 6.60. The van der Waals surface area contributed by atoms with Gasteiger partial charge in [0.05, 0.1) is 25.8 Å². The van der Waals surface area contributed by atoms with E-state index >= 15 is 0 Å². The number of hydrogen-bond donors (Lipinski definition) is 2. The lowest BCUT2D eigenvalue weighted by Crippen LogP contribution is -2.38. The molecule has 1 aromatic carbocycles. The van der Waals surface area contributed by atoms with Gasteiger partial charge in [-0.15, -0.1) is 11.3 Å². The Hall–Kier alpha value is -2.89. The zero-order chi connectivity index (χ0) is 22.4. The number of benzene rings is 1. The minimum atomic E-state index is -0.220. The van der Waals surface area contributed by atoms with E-state index in [0.717, 1.165) is 24.8 Å². The fourth-order valence-corrected chi connectivity index (χ4v) is 5.06. The lowest BCUT2D eigenvalue weighted by atomic mass is 9.89. The summed E-state index contributed by atoms with van der Waals surface area (Å²) in [4.78, 5) is 28.0. The molecule has 1 aromatic heterocycles. The molecule has 2 N–H and O–H groups in total. The fourth-order valence-electron chi connectivity index (χ4n) is 3.68. The third kappa shape index (κ3) is 5.84. The van der Waals surface area contributed by atoms with Crippen LogP contribution in [0.5, 0.6) is 5.75 Å². The van der Waals surface area contributed by atoms with Gasteiger partial charge in [-0.3, -0.25) is 14.5 Å². The maximum Gasteiger partial charge on any atom is 0.239 e. The first-order valence-corrected chi connectivity index (χ1v) is 11.3. The Morgan fingerprint density at radius 3 is 2.52 bits per heavy atom. The van der Waals surface area contributed by atoms with Crippen molar-refractivity contribution in [3.8, 4) is 11.8 Å². The van der Waals surface area contributed by atoms with Crippen LogP contribution >= 0.6 is 11.3 Å². The average Bonchev–Trinajstić information content (AvgIpc) is 3.09. The lowest BCUT2D eigenvalue weighted by Gasteiger charge is -2.19. The van der Waals surface area contributed by atoms with Gasteiger partial charge in [-0.1, -0.05) is 13.8 Å². The van der Waals surface area contributed by atoms with Crippen molar-refractivity contribution in [1.29, 1.82) is 5.26 Å². The Bertz CT molecular complexity index is 978. The zero-order valence-electron chi connectivity index (χ0n) is 18.2. The van der Waals surface area contributed by atoms with Gasteiger partial charge < -0.3 is 15.4 Å². The molecular formula is C23H28N4O3S. The number of fused-ring (bicyclic) bond motifs is 1. The molecule has 164 valence electrons. The van der Waals surface area contributed by atoms with Gasteiger partial charge in [0.1, 0.15) is 16.8 Å². The van der Waals surface area contributed by atoms with E-state index < -0.39 is 0 Å². The second-order valence-electron chi connectivity index (χ2n) is 7.80. The van der Waals surface area contributed by atoms with E-state index in [1.54, 1.807) is 36.3 Å². The van der Waals surface area contributed by atoms with E-state index in [2.05, 4.69) is 23.6 Å². The van der Waals surface area contributed by atoms with Gasteiger partial charge in [-0.2, -0.15) is 5.26 Å². The molecule has 1 aliphatic carbocycles. The highest BCUT2D eigenvalue weighted by atomic mass is 32.1. The van der Waals surface area contributed by atoms with Crippen molar-refractivity contribution in [2.45, 2.75) is 33.1 Å². The number of thiophene rings is 1. The fraction of sp³-hybridized carbons (Fsp3) is 0.435. The van der Waals surface area contributed by atoms with Crippen molar-refractivity contribution >= 4 is 33.8 Å². The first-order chi connectivity index (χ1) is 14.9. The topological polar surface area (TPSA) is 94.5 Å². The van der Waals surface area contributed by atoms with Crippen LogP contribution in [0.2, 0.25) is 0 Å². The Labute approximate surface area is 187 Å². The van der Waals surface area contributed by atoms with Gasteiger partial charge in [0.15, 0.2) is 0 Å². The van der Waals surface area contributed by atoms with Gasteiger partial charge in [0.25, 0.3) is 0 Å². The number of rotatable bonds is 8. The summed E-state index contributed by atoms with van der Waals surface area (Å²) in [6, 6.07) is 9.35. The number of ether oxygens (including phenoxy) is 1. The first kappa shape index (κ1) is 22.8. The lowest BCUT2D eigenvalue weighted by molar-refractivity contribution is -0.119. The van der Waals surface area contributed by atoms with Crippen LogP contribution in [0.4, 0.5) is 10.7 Å². The van der Waals surface area contributed by atoms with Crippen molar-refractivity contribution < 1.29 is 14.3 Å². The standard InChI is InChI=1S/C23H28N4O3S/c1-4-27(13-21(28)25-16-6-8-17(30-3)9-7-16)14-22(29)26-23-19(12-24)18-10-5-15(2)11-20(18)31-23/h6-9,15H,4-5,10-11,13-14H2,1-3H3,(H,25,28)(H,26,29). The van der Waals surface area contributed by atoms with E-state index in [4.69, 9.17) is 4.74 Å². The van der Waals surface area contributed by atoms with Crippen LogP contribution < -0.4 is 15.4 Å². The smallest absolute Gasteiger partial charge is 0.239 e. The Morgan fingerprint density at radius 1 is 1.23 bits per heavy atom. The molecule has 1 aliphatic rings. The van der Waals surface area contributed by atoms with Gasteiger partial charge in [-0.05, 0) is 61.6 Å². The summed E-state index contributed by atoms with van der Waals surface area (Å²) < 4.78 is 5.11. The van der Waals surface area contributed by atoms with Gasteiger partial charge in [0.2, 0.25) is 11.8 Å². The maximum atomic E-state index is 12.6. The molecule has 0 fully saturated rings. The predicted octanol–water partition coefficient (Wildman–Crippen LogP) is 3.65. The quantitative estimate of drug-likeness (QED) is 0.653. The van der Waals surface area contributed by atoms with E-state index in [9.17, 15) is 14.9 Å². The molecule has 2 amide bonds. The van der Waals surface area contributed by atoms with Crippen LogP contribution in [0.1, 0.15) is 36.3 Å². The van der Waals surface area contributed by atoms with Crippen molar-refractivity contribution in [3.05, 3.63) is 40.3 Å². The van der Waals surface area contributed by atoms with Gasteiger partial charge >= 0.3 is 0 Å². The minimum Gasteiger partial charge on any atom is -0.497 e. The van der Waals surface area contributed by atoms with Crippen LogP contribution in [0, 0.1) is 17.2 Å². The molecule has 3 rings (SSSR count). The summed E-state index contributed by atoms with van der Waals surface area (Å²) in [5, 5.41) is 16.0. The first-order valence-electron chi connectivity index (χ1n) is 10.4. The van der Waals surface area contributed by atoms with Crippen LogP contribution in [0.25, 0.3) is 0 Å². The number of carbonyl (C=O) groups excluding carboxylic acids is 2. The number of nitrogens with zero attached hydrogens (tertiary/aromatic N) is 2. The number of methoxy groups -OCH3 is 1. The second kappa shape index (κ2) is 10.4. The second-order valence-corrected chi connectivity index (χ2v) is 8.90. The number of nitriles is 1. The monoisotopic (exact) mass is 440 g/mol. The summed E-state index contributed by atoms with van der Waals surface area (Å²) >= 11 is 1.51. The number of hydrogen-bond acceptors (Lipinski definition) is 6. The van der Waals surface area contributed by atoms with E-state index in [1.807, 2.05) is 6.92 Å². The zero-order valence-corrected chi connectivity index (χ0v) is 19.0. The molecule has 2 aromatic rings. The molecule has 1 unspecified atom stereocenters. The summed E-state index contributed by atoms with van der Waals surface area (Å²) in [7, 11) is 1.59. The Morgan fingerprint density at radius 2 is 1.90 bits per heavy atom. The summed E-state index contributed by atoms with van der Waals surface area (Å²) in [5.74, 6) is 0.896.